The van der Waals surface area contributed by atoms with Gasteiger partial charge >= 0.3 is 0 Å². The molecular weight excluding hydrogens is 319 g/mol. The van der Waals surface area contributed by atoms with E-state index in [0.717, 1.165) is 11.1 Å². The summed E-state index contributed by atoms with van der Waals surface area (Å²) in [6.45, 7) is 0.394. The van der Waals surface area contributed by atoms with Crippen LogP contribution in [0.5, 0.6) is 0 Å². The SMILES string of the molecule is Cn1cc(CCC(=O)N(Cc2cccnc2)c2ccc(F)cc2)cn1. The lowest BCUT2D eigenvalue weighted by molar-refractivity contribution is -0.118. The quantitative estimate of drug-likeness (QED) is 0.694. The molecule has 0 spiro atoms. The molecule has 0 aliphatic heterocycles. The number of amides is 1. The molecule has 0 saturated carbocycles. The van der Waals surface area contributed by atoms with E-state index in [0.29, 0.717) is 25.1 Å². The third-order valence-corrected chi connectivity index (χ3v) is 3.89. The van der Waals surface area contributed by atoms with E-state index in [1.807, 2.05) is 25.4 Å². The smallest absolute Gasteiger partial charge is 0.227 e. The standard InChI is InChI=1S/C19H19FN4O/c1-23-13-16(12-22-23)4-9-19(25)24(14-15-3-2-10-21-11-15)18-7-5-17(20)6-8-18/h2-3,5-8,10-13H,4,9,14H2,1H3. The normalized spacial score (nSPS) is 10.6. The molecule has 0 bridgehead atoms. The minimum absolute atomic E-state index is 0.0284. The molecule has 0 N–H and O–H groups in total. The molecule has 0 saturated heterocycles. The number of carbonyl (C=O) groups is 1. The summed E-state index contributed by atoms with van der Waals surface area (Å²) < 4.78 is 14.9. The predicted octanol–water partition coefficient (Wildman–Crippen LogP) is 3.12. The van der Waals surface area contributed by atoms with E-state index in [1.54, 1.807) is 40.3 Å². The topological polar surface area (TPSA) is 51.0 Å². The predicted molar refractivity (Wildman–Crippen MR) is 93.4 cm³/mol. The van der Waals surface area contributed by atoms with Gasteiger partial charge in [0.2, 0.25) is 5.91 Å². The Bertz CT molecular complexity index is 830. The van der Waals surface area contributed by atoms with E-state index in [9.17, 15) is 9.18 Å². The summed E-state index contributed by atoms with van der Waals surface area (Å²) in [7, 11) is 1.85. The molecule has 5 nitrogen and oxygen atoms in total. The van der Waals surface area contributed by atoms with Crippen molar-refractivity contribution < 1.29 is 9.18 Å². The lowest BCUT2D eigenvalue weighted by atomic mass is 10.1. The van der Waals surface area contributed by atoms with Crippen LogP contribution in [0.2, 0.25) is 0 Å². The second kappa shape index (κ2) is 7.70. The monoisotopic (exact) mass is 338 g/mol. The van der Waals surface area contributed by atoms with Gasteiger partial charge in [0.25, 0.3) is 0 Å². The van der Waals surface area contributed by atoms with Gasteiger partial charge in [0, 0.05) is 37.7 Å². The Kier molecular flexibility index (Phi) is 5.18. The third kappa shape index (κ3) is 4.50. The first-order valence-corrected chi connectivity index (χ1v) is 8.04. The van der Waals surface area contributed by atoms with Gasteiger partial charge in [-0.15, -0.1) is 0 Å². The molecule has 3 rings (SSSR count). The van der Waals surface area contributed by atoms with Gasteiger partial charge < -0.3 is 4.90 Å². The highest BCUT2D eigenvalue weighted by Crippen LogP contribution is 2.19. The number of rotatable bonds is 6. The summed E-state index contributed by atoms with van der Waals surface area (Å²) in [5.74, 6) is -0.354. The molecule has 3 aromatic rings. The van der Waals surface area contributed by atoms with Gasteiger partial charge in [-0.05, 0) is 47.9 Å². The number of nitrogens with zero attached hydrogens (tertiary/aromatic N) is 4. The highest BCUT2D eigenvalue weighted by atomic mass is 19.1. The van der Waals surface area contributed by atoms with E-state index in [-0.39, 0.29) is 11.7 Å². The van der Waals surface area contributed by atoms with Crippen LogP contribution < -0.4 is 4.90 Å². The average molecular weight is 338 g/mol. The summed E-state index contributed by atoms with van der Waals surface area (Å²) in [6, 6.07) is 9.71. The first-order chi connectivity index (χ1) is 12.1. The fourth-order valence-corrected chi connectivity index (χ4v) is 2.61. The molecule has 0 radical (unpaired) electrons. The summed E-state index contributed by atoms with van der Waals surface area (Å²) in [5, 5.41) is 4.12. The zero-order valence-corrected chi connectivity index (χ0v) is 14.0. The van der Waals surface area contributed by atoms with Crippen LogP contribution in [0.15, 0.2) is 61.2 Å². The zero-order valence-electron chi connectivity index (χ0n) is 14.0. The van der Waals surface area contributed by atoms with E-state index in [1.165, 1.54) is 12.1 Å². The number of aryl methyl sites for hydroxylation is 2. The second-order valence-electron chi connectivity index (χ2n) is 5.84. The van der Waals surface area contributed by atoms with E-state index in [4.69, 9.17) is 0 Å². The molecule has 2 heterocycles. The average Bonchev–Trinajstić information content (AvgIpc) is 3.05. The van der Waals surface area contributed by atoms with Gasteiger partial charge in [0.1, 0.15) is 5.82 Å². The maximum Gasteiger partial charge on any atom is 0.227 e. The lowest BCUT2D eigenvalue weighted by Crippen LogP contribution is -2.30. The van der Waals surface area contributed by atoms with Gasteiger partial charge in [-0.1, -0.05) is 6.07 Å². The lowest BCUT2D eigenvalue weighted by Gasteiger charge is -2.23. The van der Waals surface area contributed by atoms with E-state index < -0.39 is 0 Å². The van der Waals surface area contributed by atoms with Crippen LogP contribution >= 0.6 is 0 Å². The molecular formula is C19H19FN4O. The van der Waals surface area contributed by atoms with Crippen LogP contribution in [0, 0.1) is 5.82 Å². The Morgan fingerprint density at radius 2 is 1.96 bits per heavy atom. The van der Waals surface area contributed by atoms with Crippen molar-refractivity contribution in [2.24, 2.45) is 7.05 Å². The molecule has 0 fully saturated rings. The summed E-state index contributed by atoms with van der Waals surface area (Å²) in [5.41, 5.74) is 2.60. The molecule has 1 aromatic carbocycles. The number of benzene rings is 1. The molecule has 0 aliphatic carbocycles. The maximum atomic E-state index is 13.2. The molecule has 128 valence electrons. The van der Waals surface area contributed by atoms with Crippen molar-refractivity contribution >= 4 is 11.6 Å². The third-order valence-electron chi connectivity index (χ3n) is 3.89. The van der Waals surface area contributed by atoms with Gasteiger partial charge in [0.15, 0.2) is 0 Å². The fourth-order valence-electron chi connectivity index (χ4n) is 2.61. The van der Waals surface area contributed by atoms with E-state index in [2.05, 4.69) is 10.1 Å². The van der Waals surface area contributed by atoms with Gasteiger partial charge in [-0.2, -0.15) is 5.10 Å². The Morgan fingerprint density at radius 1 is 1.16 bits per heavy atom. The molecule has 25 heavy (non-hydrogen) atoms. The van der Waals surface area contributed by atoms with Crippen molar-refractivity contribution in [3.8, 4) is 0 Å². The van der Waals surface area contributed by atoms with Crippen LogP contribution in [0.25, 0.3) is 0 Å². The van der Waals surface area contributed by atoms with Crippen molar-refractivity contribution in [1.82, 2.24) is 14.8 Å². The number of hydrogen-bond acceptors (Lipinski definition) is 3. The number of anilines is 1. The van der Waals surface area contributed by atoms with Crippen molar-refractivity contribution in [1.29, 1.82) is 0 Å². The van der Waals surface area contributed by atoms with Crippen LogP contribution in [-0.4, -0.2) is 20.7 Å². The summed E-state index contributed by atoms with van der Waals surface area (Å²) in [6.07, 6.45) is 8.04. The number of hydrogen-bond donors (Lipinski definition) is 0. The highest BCUT2D eigenvalue weighted by molar-refractivity contribution is 5.93. The number of halogens is 1. The fraction of sp³-hybridized carbons (Fsp3) is 0.211. The van der Waals surface area contributed by atoms with Crippen molar-refractivity contribution in [3.63, 3.8) is 0 Å². The second-order valence-corrected chi connectivity index (χ2v) is 5.84. The van der Waals surface area contributed by atoms with Crippen molar-refractivity contribution in [3.05, 3.63) is 78.1 Å². The summed E-state index contributed by atoms with van der Waals surface area (Å²) >= 11 is 0. The minimum Gasteiger partial charge on any atom is -0.308 e. The molecule has 6 heteroatoms. The molecule has 1 amide bonds. The Balaban J connectivity index is 1.77. The van der Waals surface area contributed by atoms with Crippen LogP contribution in [0.3, 0.4) is 0 Å². The van der Waals surface area contributed by atoms with Crippen molar-refractivity contribution in [2.45, 2.75) is 19.4 Å². The largest absolute Gasteiger partial charge is 0.308 e. The number of aromatic nitrogens is 3. The van der Waals surface area contributed by atoms with Crippen LogP contribution in [0.1, 0.15) is 17.5 Å². The van der Waals surface area contributed by atoms with Gasteiger partial charge in [-0.3, -0.25) is 14.5 Å². The van der Waals surface area contributed by atoms with Crippen molar-refractivity contribution in [2.75, 3.05) is 4.90 Å². The van der Waals surface area contributed by atoms with Crippen LogP contribution in [-0.2, 0) is 24.8 Å². The maximum absolute atomic E-state index is 13.2. The number of pyridine rings is 1. The molecule has 0 atom stereocenters. The first kappa shape index (κ1) is 16.8. The zero-order chi connectivity index (χ0) is 17.6. The molecule has 0 unspecified atom stereocenters. The minimum atomic E-state index is -0.326. The Labute approximate surface area is 145 Å². The van der Waals surface area contributed by atoms with Crippen LogP contribution in [0.4, 0.5) is 10.1 Å². The van der Waals surface area contributed by atoms with Gasteiger partial charge in [-0.25, -0.2) is 4.39 Å². The number of carbonyl (C=O) groups excluding carboxylic acids is 1. The van der Waals surface area contributed by atoms with Gasteiger partial charge in [0.05, 0.1) is 12.7 Å². The van der Waals surface area contributed by atoms with E-state index >= 15 is 0 Å². The Morgan fingerprint density at radius 3 is 2.60 bits per heavy atom. The molecule has 2 aromatic heterocycles. The highest BCUT2D eigenvalue weighted by Gasteiger charge is 2.17. The summed E-state index contributed by atoms with van der Waals surface area (Å²) in [4.78, 5) is 18.5. The first-order valence-electron chi connectivity index (χ1n) is 8.04. The molecule has 0 aliphatic rings. The Hall–Kier alpha value is -3.02.